The van der Waals surface area contributed by atoms with Crippen molar-refractivity contribution >= 4 is 47.3 Å². The molecule has 12 N–H and O–H groups in total. The topological polar surface area (TPSA) is 322 Å². The molecule has 2 saturated heterocycles. The number of hydrogen-bond acceptors (Lipinski definition) is 12. The van der Waals surface area contributed by atoms with E-state index < -0.39 is 114 Å². The first-order valence-corrected chi connectivity index (χ1v) is 19.9. The van der Waals surface area contributed by atoms with Gasteiger partial charge in [0.2, 0.25) is 41.4 Å². The van der Waals surface area contributed by atoms with E-state index in [1.807, 2.05) is 6.92 Å². The summed E-state index contributed by atoms with van der Waals surface area (Å²) in [4.78, 5) is 107. The van der Waals surface area contributed by atoms with Crippen LogP contribution >= 0.6 is 0 Å². The lowest BCUT2D eigenvalue weighted by atomic mass is 9.95. The molecule has 3 rings (SSSR count). The Labute approximate surface area is 342 Å². The summed E-state index contributed by atoms with van der Waals surface area (Å²) >= 11 is 0. The van der Waals surface area contributed by atoms with Crippen LogP contribution < -0.4 is 38.1 Å². The predicted octanol–water partition coefficient (Wildman–Crippen LogP) is -2.24. The largest absolute Gasteiger partial charge is 0.508 e. The number of aliphatic carboxylic acids is 1. The van der Waals surface area contributed by atoms with Gasteiger partial charge in [-0.15, -0.1) is 0 Å². The van der Waals surface area contributed by atoms with E-state index >= 15 is 0 Å². The molecule has 1 unspecified atom stereocenters. The quantitative estimate of drug-likeness (QED) is 0.0592. The van der Waals surface area contributed by atoms with Gasteiger partial charge in [0.1, 0.15) is 48.0 Å². The number of hydrogen-bond donors (Lipinski definition) is 10. The number of rotatable bonds is 22. The predicted molar refractivity (Wildman–Crippen MR) is 211 cm³/mol. The molecule has 9 atom stereocenters. The number of aliphatic hydroxyl groups excluding tert-OH is 1. The minimum atomic E-state index is -1.38. The maximum absolute atomic E-state index is 14.5. The van der Waals surface area contributed by atoms with Gasteiger partial charge in [-0.25, -0.2) is 4.79 Å². The van der Waals surface area contributed by atoms with Crippen LogP contribution in [-0.4, -0.2) is 136 Å². The SMILES string of the molecule is CC[C@H](C)[C@H](NC(=O)[C@@H]1CCCN1C(=O)[C@H](Cc1ccc(O)cc1)NC(=O)[C@@H](NC(=O)[C@H](CCC(N)=O)NC(=O)[C@@H](N)CO)C1CCOC1)C(=O)N[C@H](C(=O)O)C(C)C. The molecule has 20 heteroatoms. The van der Waals surface area contributed by atoms with E-state index in [9.17, 15) is 53.7 Å². The van der Waals surface area contributed by atoms with Crippen molar-refractivity contribution in [1.82, 2.24) is 31.5 Å². The summed E-state index contributed by atoms with van der Waals surface area (Å²) < 4.78 is 5.51. The van der Waals surface area contributed by atoms with Crippen LogP contribution in [0.5, 0.6) is 5.75 Å². The molecule has 2 aliphatic heterocycles. The lowest BCUT2D eigenvalue weighted by Crippen LogP contribution is -2.61. The Morgan fingerprint density at radius 2 is 1.53 bits per heavy atom. The lowest BCUT2D eigenvalue weighted by molar-refractivity contribution is -0.145. The van der Waals surface area contributed by atoms with Crippen LogP contribution in [-0.2, 0) is 49.5 Å². The number of carbonyl (C=O) groups excluding carboxylic acids is 7. The van der Waals surface area contributed by atoms with E-state index in [1.54, 1.807) is 32.9 Å². The number of nitrogens with two attached hydrogens (primary N) is 2. The van der Waals surface area contributed by atoms with Gasteiger partial charge in [0, 0.05) is 31.9 Å². The summed E-state index contributed by atoms with van der Waals surface area (Å²) in [5.74, 6) is -7.96. The number of ether oxygens (including phenoxy) is 1. The molecule has 2 heterocycles. The first kappa shape index (κ1) is 48.0. The van der Waals surface area contributed by atoms with Gasteiger partial charge in [-0.2, -0.15) is 0 Å². The van der Waals surface area contributed by atoms with Crippen LogP contribution in [0.2, 0.25) is 0 Å². The Hall–Kier alpha value is -5.34. The number of nitrogens with one attached hydrogen (secondary N) is 5. The van der Waals surface area contributed by atoms with Crippen LogP contribution in [0.4, 0.5) is 0 Å². The van der Waals surface area contributed by atoms with Gasteiger partial charge in [0.25, 0.3) is 0 Å². The molecule has 2 fully saturated rings. The van der Waals surface area contributed by atoms with E-state index in [2.05, 4.69) is 26.6 Å². The second-order valence-corrected chi connectivity index (χ2v) is 15.5. The molecule has 0 aromatic heterocycles. The molecule has 1 aromatic carbocycles. The highest BCUT2D eigenvalue weighted by molar-refractivity contribution is 5.97. The highest BCUT2D eigenvalue weighted by Gasteiger charge is 2.42. The standard InChI is InChI=1S/C39H60N8O12/c1-5-21(4)31(36(54)44-30(20(2)3)39(57)58)45-35(53)28-7-6-15-47(28)38(56)27(17-22-8-10-24(49)11-9-22)43-37(55)32(23-14-16-59-19-23)46-34(52)26(12-13-29(41)50)42-33(51)25(40)18-48/h8-11,20-21,23,25-28,30-32,48-49H,5-7,12-19,40H2,1-4H3,(H2,41,50)(H,42,51)(H,43,55)(H,44,54)(H,45,53)(H,46,52)(H,57,58)/t21-,23?,25-,26-,27-,28-,30-,31-,32-/m0/s1. The second-order valence-electron chi connectivity index (χ2n) is 15.5. The Morgan fingerprint density at radius 1 is 0.864 bits per heavy atom. The molecule has 0 bridgehead atoms. The molecule has 0 radical (unpaired) electrons. The van der Waals surface area contributed by atoms with E-state index in [1.165, 1.54) is 17.0 Å². The number of aromatic hydroxyl groups is 1. The van der Waals surface area contributed by atoms with Crippen molar-refractivity contribution in [1.29, 1.82) is 0 Å². The van der Waals surface area contributed by atoms with Crippen molar-refractivity contribution in [2.45, 2.75) is 115 Å². The van der Waals surface area contributed by atoms with Gasteiger partial charge in [-0.3, -0.25) is 33.6 Å². The van der Waals surface area contributed by atoms with Gasteiger partial charge < -0.3 is 63.0 Å². The van der Waals surface area contributed by atoms with Crippen molar-refractivity contribution in [3.05, 3.63) is 29.8 Å². The fourth-order valence-electron chi connectivity index (χ4n) is 6.92. The van der Waals surface area contributed by atoms with Gasteiger partial charge in [0.15, 0.2) is 0 Å². The number of carboxylic acids is 1. The number of primary amides is 1. The second kappa shape index (κ2) is 22.7. The van der Waals surface area contributed by atoms with Crippen LogP contribution in [0, 0.1) is 17.8 Å². The average molecular weight is 833 g/mol. The summed E-state index contributed by atoms with van der Waals surface area (Å²) in [6.07, 6.45) is 0.779. The van der Waals surface area contributed by atoms with Crippen LogP contribution in [0.3, 0.4) is 0 Å². The number of amides is 7. The molecule has 0 aliphatic carbocycles. The maximum atomic E-state index is 14.5. The van der Waals surface area contributed by atoms with Crippen molar-refractivity contribution in [3.63, 3.8) is 0 Å². The third-order valence-corrected chi connectivity index (χ3v) is 10.7. The third kappa shape index (κ3) is 13.9. The number of phenols is 1. The highest BCUT2D eigenvalue weighted by Crippen LogP contribution is 2.23. The van der Waals surface area contributed by atoms with Crippen molar-refractivity contribution < 1.29 is 58.4 Å². The molecule has 0 spiro atoms. The Bertz CT molecular complexity index is 1650. The molecular formula is C39H60N8O12. The van der Waals surface area contributed by atoms with Crippen LogP contribution in [0.1, 0.15) is 71.8 Å². The van der Waals surface area contributed by atoms with Gasteiger partial charge in [-0.1, -0.05) is 46.2 Å². The first-order valence-electron chi connectivity index (χ1n) is 19.9. The number of benzene rings is 1. The number of nitrogens with zero attached hydrogens (tertiary/aromatic N) is 1. The fraction of sp³-hybridized carbons (Fsp3) is 0.641. The number of likely N-dealkylation sites (tertiary alicyclic amines) is 1. The Morgan fingerprint density at radius 3 is 2.08 bits per heavy atom. The van der Waals surface area contributed by atoms with E-state index in [-0.39, 0.29) is 51.2 Å². The molecule has 0 saturated carbocycles. The van der Waals surface area contributed by atoms with Crippen molar-refractivity contribution in [3.8, 4) is 5.75 Å². The van der Waals surface area contributed by atoms with Gasteiger partial charge in [0.05, 0.1) is 13.2 Å². The summed E-state index contributed by atoms with van der Waals surface area (Å²) in [5, 5.41) is 41.9. The molecule has 59 heavy (non-hydrogen) atoms. The van der Waals surface area contributed by atoms with Gasteiger partial charge >= 0.3 is 5.97 Å². The lowest BCUT2D eigenvalue weighted by Gasteiger charge is -2.32. The third-order valence-electron chi connectivity index (χ3n) is 10.7. The fourth-order valence-corrected chi connectivity index (χ4v) is 6.92. The zero-order chi connectivity index (χ0) is 44.0. The number of carboxylic acid groups (broad SMARTS) is 1. The zero-order valence-corrected chi connectivity index (χ0v) is 34.0. The minimum Gasteiger partial charge on any atom is -0.508 e. The average Bonchev–Trinajstić information content (AvgIpc) is 3.92. The Kier molecular flexibility index (Phi) is 18.5. The molecule has 1 aromatic rings. The van der Waals surface area contributed by atoms with Crippen LogP contribution in [0.15, 0.2) is 24.3 Å². The van der Waals surface area contributed by atoms with Crippen molar-refractivity contribution in [2.24, 2.45) is 29.2 Å². The van der Waals surface area contributed by atoms with E-state index in [0.717, 1.165) is 0 Å². The van der Waals surface area contributed by atoms with E-state index in [4.69, 9.17) is 16.2 Å². The van der Waals surface area contributed by atoms with Crippen LogP contribution in [0.25, 0.3) is 0 Å². The molecular weight excluding hydrogens is 772 g/mol. The van der Waals surface area contributed by atoms with Gasteiger partial charge in [-0.05, 0) is 55.2 Å². The normalized spacial score (nSPS) is 19.9. The minimum absolute atomic E-state index is 0.0400. The summed E-state index contributed by atoms with van der Waals surface area (Å²) in [6.45, 7) is 6.56. The molecule has 20 nitrogen and oxygen atoms in total. The van der Waals surface area contributed by atoms with E-state index in [0.29, 0.717) is 24.8 Å². The smallest absolute Gasteiger partial charge is 0.326 e. The number of aliphatic hydroxyl groups is 1. The first-order chi connectivity index (χ1) is 27.9. The van der Waals surface area contributed by atoms with Crippen molar-refractivity contribution in [2.75, 3.05) is 26.4 Å². The number of carbonyl (C=O) groups is 8. The Balaban J connectivity index is 1.92. The zero-order valence-electron chi connectivity index (χ0n) is 34.0. The molecule has 328 valence electrons. The molecule has 7 amide bonds. The molecule has 2 aliphatic rings. The number of phenolic OH excluding ortho intramolecular Hbond substituents is 1. The summed E-state index contributed by atoms with van der Waals surface area (Å²) in [5.41, 5.74) is 11.4. The summed E-state index contributed by atoms with van der Waals surface area (Å²) in [6, 6.07) is -2.84. The summed E-state index contributed by atoms with van der Waals surface area (Å²) in [7, 11) is 0. The monoisotopic (exact) mass is 832 g/mol. The highest BCUT2D eigenvalue weighted by atomic mass is 16.5. The maximum Gasteiger partial charge on any atom is 0.326 e.